The van der Waals surface area contributed by atoms with Gasteiger partial charge in [-0.25, -0.2) is 0 Å². The van der Waals surface area contributed by atoms with Crippen molar-refractivity contribution in [3.8, 4) is 11.1 Å². The summed E-state index contributed by atoms with van der Waals surface area (Å²) in [6, 6.07) is 17.9. The Morgan fingerprint density at radius 3 is 2.73 bits per heavy atom. The molecule has 4 rings (SSSR count). The molecule has 1 amide bonds. The summed E-state index contributed by atoms with van der Waals surface area (Å²) in [5.74, 6) is 0.0522. The molecule has 5 heteroatoms. The fraction of sp³-hybridized carbons (Fsp3) is 0.381. The number of benzene rings is 2. The van der Waals surface area contributed by atoms with Crippen LogP contribution in [0.25, 0.3) is 11.1 Å². The highest BCUT2D eigenvalue weighted by Gasteiger charge is 2.40. The number of nitrogens with zero attached hydrogens (tertiary/aromatic N) is 1. The van der Waals surface area contributed by atoms with Crippen LogP contribution in [0.3, 0.4) is 0 Å². The molecule has 2 heterocycles. The zero-order valence-electron chi connectivity index (χ0n) is 14.8. The lowest BCUT2D eigenvalue weighted by Gasteiger charge is -2.42. The summed E-state index contributed by atoms with van der Waals surface area (Å²) in [7, 11) is 0. The van der Waals surface area contributed by atoms with Crippen LogP contribution in [0.2, 0.25) is 0 Å². The van der Waals surface area contributed by atoms with Crippen LogP contribution in [0.1, 0.15) is 10.4 Å². The third-order valence-electron chi connectivity index (χ3n) is 5.01. The van der Waals surface area contributed by atoms with Crippen molar-refractivity contribution in [1.29, 1.82) is 0 Å². The highest BCUT2D eigenvalue weighted by atomic mass is 16.5. The SMILES string of the molecule is O=C(c1ccccc1-c1ccccc1)N1CCO[C@]2(CNCCOC2)C1. The second kappa shape index (κ2) is 7.58. The lowest BCUT2D eigenvalue weighted by atomic mass is 9.97. The molecule has 0 saturated carbocycles. The molecule has 2 aromatic rings. The Morgan fingerprint density at radius 2 is 1.85 bits per heavy atom. The molecule has 0 unspecified atom stereocenters. The zero-order valence-corrected chi connectivity index (χ0v) is 14.8. The summed E-state index contributed by atoms with van der Waals surface area (Å²) in [5.41, 5.74) is 2.30. The third-order valence-corrected chi connectivity index (χ3v) is 5.01. The molecule has 26 heavy (non-hydrogen) atoms. The largest absolute Gasteiger partial charge is 0.377 e. The second-order valence-corrected chi connectivity index (χ2v) is 6.90. The van der Waals surface area contributed by atoms with Gasteiger partial charge in [0.2, 0.25) is 0 Å². The predicted molar refractivity (Wildman–Crippen MR) is 100 cm³/mol. The first-order chi connectivity index (χ1) is 12.8. The van der Waals surface area contributed by atoms with E-state index in [2.05, 4.69) is 5.32 Å². The van der Waals surface area contributed by atoms with Crippen LogP contribution in [0.4, 0.5) is 0 Å². The molecule has 0 radical (unpaired) electrons. The summed E-state index contributed by atoms with van der Waals surface area (Å²) < 4.78 is 11.7. The molecule has 0 aromatic heterocycles. The summed E-state index contributed by atoms with van der Waals surface area (Å²) in [5, 5.41) is 3.36. The van der Waals surface area contributed by atoms with Gasteiger partial charge in [-0.15, -0.1) is 0 Å². The maximum atomic E-state index is 13.3. The van der Waals surface area contributed by atoms with Gasteiger partial charge in [-0.2, -0.15) is 0 Å². The smallest absolute Gasteiger partial charge is 0.254 e. The van der Waals surface area contributed by atoms with Crippen LogP contribution < -0.4 is 5.32 Å². The van der Waals surface area contributed by atoms with Crippen LogP contribution in [0.15, 0.2) is 54.6 Å². The molecule has 1 atom stereocenters. The Kier molecular flexibility index (Phi) is 5.02. The van der Waals surface area contributed by atoms with Gasteiger partial charge < -0.3 is 19.7 Å². The van der Waals surface area contributed by atoms with Gasteiger partial charge in [-0.05, 0) is 17.2 Å². The number of amides is 1. The molecule has 136 valence electrons. The number of ether oxygens (including phenoxy) is 2. The lowest BCUT2D eigenvalue weighted by molar-refractivity contribution is -0.125. The van der Waals surface area contributed by atoms with Crippen molar-refractivity contribution in [2.24, 2.45) is 0 Å². The fourth-order valence-electron chi connectivity index (χ4n) is 3.69. The molecule has 1 spiro atoms. The molecule has 5 nitrogen and oxygen atoms in total. The van der Waals surface area contributed by atoms with E-state index >= 15 is 0 Å². The number of carbonyl (C=O) groups excluding carboxylic acids is 1. The van der Waals surface area contributed by atoms with Crippen LogP contribution in [0, 0.1) is 0 Å². The van der Waals surface area contributed by atoms with Gasteiger partial charge in [0.1, 0.15) is 5.60 Å². The number of carbonyl (C=O) groups is 1. The van der Waals surface area contributed by atoms with E-state index in [0.717, 1.165) is 23.2 Å². The van der Waals surface area contributed by atoms with Crippen molar-refractivity contribution in [1.82, 2.24) is 10.2 Å². The van der Waals surface area contributed by atoms with Crippen molar-refractivity contribution in [3.63, 3.8) is 0 Å². The minimum Gasteiger partial charge on any atom is -0.377 e. The van der Waals surface area contributed by atoms with Gasteiger partial charge in [0, 0.05) is 25.2 Å². The van der Waals surface area contributed by atoms with Crippen molar-refractivity contribution in [3.05, 3.63) is 60.2 Å². The minimum absolute atomic E-state index is 0.0522. The topological polar surface area (TPSA) is 50.8 Å². The van der Waals surface area contributed by atoms with E-state index in [0.29, 0.717) is 39.5 Å². The maximum absolute atomic E-state index is 13.3. The Balaban J connectivity index is 1.60. The summed E-state index contributed by atoms with van der Waals surface area (Å²) in [6.07, 6.45) is 0. The quantitative estimate of drug-likeness (QED) is 0.900. The lowest BCUT2D eigenvalue weighted by Crippen LogP contribution is -2.59. The highest BCUT2D eigenvalue weighted by Crippen LogP contribution is 2.27. The zero-order chi connectivity index (χ0) is 17.8. The first kappa shape index (κ1) is 17.2. The molecule has 2 aliphatic heterocycles. The molecule has 0 bridgehead atoms. The Labute approximate surface area is 153 Å². The van der Waals surface area contributed by atoms with Crippen molar-refractivity contribution >= 4 is 5.91 Å². The van der Waals surface area contributed by atoms with Crippen molar-refractivity contribution in [2.45, 2.75) is 5.60 Å². The van der Waals surface area contributed by atoms with Crippen LogP contribution in [-0.4, -0.2) is 62.4 Å². The molecule has 2 aromatic carbocycles. The summed E-state index contributed by atoms with van der Waals surface area (Å²) in [4.78, 5) is 15.2. The van der Waals surface area contributed by atoms with Crippen LogP contribution in [0.5, 0.6) is 0 Å². The van der Waals surface area contributed by atoms with E-state index in [-0.39, 0.29) is 5.91 Å². The molecular weight excluding hydrogens is 328 g/mol. The second-order valence-electron chi connectivity index (χ2n) is 6.90. The predicted octanol–water partition coefficient (Wildman–Crippen LogP) is 2.18. The van der Waals surface area contributed by atoms with Gasteiger partial charge in [-0.3, -0.25) is 4.79 Å². The Bertz CT molecular complexity index is 755. The van der Waals surface area contributed by atoms with E-state index in [1.165, 1.54) is 0 Å². The van der Waals surface area contributed by atoms with Gasteiger partial charge in [0.25, 0.3) is 5.91 Å². The van der Waals surface area contributed by atoms with Crippen LogP contribution in [-0.2, 0) is 9.47 Å². The fourth-order valence-corrected chi connectivity index (χ4v) is 3.69. The van der Waals surface area contributed by atoms with E-state index in [1.807, 2.05) is 59.5 Å². The number of morpholine rings is 1. The number of rotatable bonds is 2. The van der Waals surface area contributed by atoms with Gasteiger partial charge in [0.15, 0.2) is 0 Å². The average Bonchev–Trinajstić information content (AvgIpc) is 2.93. The molecule has 1 N–H and O–H groups in total. The number of nitrogens with one attached hydrogen (secondary N) is 1. The van der Waals surface area contributed by atoms with Gasteiger partial charge in [-0.1, -0.05) is 48.5 Å². The average molecular weight is 352 g/mol. The monoisotopic (exact) mass is 352 g/mol. The molecule has 2 aliphatic rings. The first-order valence-corrected chi connectivity index (χ1v) is 9.14. The van der Waals surface area contributed by atoms with E-state index in [1.54, 1.807) is 0 Å². The molecule has 2 fully saturated rings. The van der Waals surface area contributed by atoms with Gasteiger partial charge in [0.05, 0.1) is 26.4 Å². The van der Waals surface area contributed by atoms with E-state index in [9.17, 15) is 4.79 Å². The minimum atomic E-state index is -0.452. The van der Waals surface area contributed by atoms with E-state index in [4.69, 9.17) is 9.47 Å². The van der Waals surface area contributed by atoms with Gasteiger partial charge >= 0.3 is 0 Å². The number of hydrogen-bond acceptors (Lipinski definition) is 4. The van der Waals surface area contributed by atoms with E-state index < -0.39 is 5.60 Å². The Hall–Kier alpha value is -2.21. The molecule has 2 saturated heterocycles. The molecule has 0 aliphatic carbocycles. The standard InChI is InChI=1S/C21H24N2O3/c24-20(19-9-5-4-8-18(19)17-6-2-1-3-7-17)23-11-13-26-21(15-23)14-22-10-12-25-16-21/h1-9,22H,10-16H2/t21-/m1/s1. The molecular formula is C21H24N2O3. The summed E-state index contributed by atoms with van der Waals surface area (Å²) >= 11 is 0. The summed E-state index contributed by atoms with van der Waals surface area (Å²) in [6.45, 7) is 4.39. The highest BCUT2D eigenvalue weighted by molar-refractivity contribution is 6.01. The Morgan fingerprint density at radius 1 is 1.04 bits per heavy atom. The van der Waals surface area contributed by atoms with Crippen molar-refractivity contribution in [2.75, 3.05) is 46.0 Å². The maximum Gasteiger partial charge on any atom is 0.254 e. The normalized spacial score (nSPS) is 23.6. The first-order valence-electron chi connectivity index (χ1n) is 9.14. The van der Waals surface area contributed by atoms with Crippen molar-refractivity contribution < 1.29 is 14.3 Å². The van der Waals surface area contributed by atoms with Crippen LogP contribution >= 0.6 is 0 Å². The third kappa shape index (κ3) is 3.51. The number of hydrogen-bond donors (Lipinski definition) is 1.